The normalized spacial score (nSPS) is 25.4. The molecule has 0 aliphatic heterocycles. The van der Waals surface area contributed by atoms with Crippen LogP contribution in [0.15, 0.2) is 0 Å². The van der Waals surface area contributed by atoms with Gasteiger partial charge < -0.3 is 19.9 Å². The van der Waals surface area contributed by atoms with E-state index in [9.17, 15) is 5.11 Å². The molecule has 0 aromatic rings. The van der Waals surface area contributed by atoms with Gasteiger partial charge in [-0.1, -0.05) is 12.8 Å². The molecule has 0 radical (unpaired) electrons. The van der Waals surface area contributed by atoms with Crippen molar-refractivity contribution in [3.63, 3.8) is 0 Å². The van der Waals surface area contributed by atoms with Gasteiger partial charge in [-0.05, 0) is 32.6 Å². The van der Waals surface area contributed by atoms with Crippen molar-refractivity contribution in [3.8, 4) is 0 Å². The Kier molecular flexibility index (Phi) is 7.77. The first kappa shape index (κ1) is 14.9. The van der Waals surface area contributed by atoms with Crippen molar-refractivity contribution < 1.29 is 14.6 Å². The van der Waals surface area contributed by atoms with Crippen LogP contribution in [0.3, 0.4) is 0 Å². The van der Waals surface area contributed by atoms with E-state index in [0.29, 0.717) is 31.7 Å². The third-order valence-corrected chi connectivity index (χ3v) is 3.40. The number of rotatable bonds is 8. The summed E-state index contributed by atoms with van der Waals surface area (Å²) >= 11 is 0. The summed E-state index contributed by atoms with van der Waals surface area (Å²) in [6, 6.07) is 0.414. The SMILES string of the molecule is CCOC(CNC1CCCCC1CO)OCC. The van der Waals surface area contributed by atoms with Crippen molar-refractivity contribution in [2.45, 2.75) is 51.9 Å². The van der Waals surface area contributed by atoms with Crippen LogP contribution < -0.4 is 5.32 Å². The quantitative estimate of drug-likeness (QED) is 0.637. The second-order valence-corrected chi connectivity index (χ2v) is 4.58. The van der Waals surface area contributed by atoms with Crippen LogP contribution in [0.1, 0.15) is 39.5 Å². The van der Waals surface area contributed by atoms with Gasteiger partial charge in [-0.3, -0.25) is 0 Å². The molecule has 4 heteroatoms. The Labute approximate surface area is 105 Å². The molecule has 0 amide bonds. The number of aliphatic hydroxyl groups excluding tert-OH is 1. The van der Waals surface area contributed by atoms with Gasteiger partial charge in [-0.15, -0.1) is 0 Å². The maximum absolute atomic E-state index is 9.33. The molecule has 2 N–H and O–H groups in total. The lowest BCUT2D eigenvalue weighted by Gasteiger charge is -2.32. The zero-order valence-electron chi connectivity index (χ0n) is 11.2. The summed E-state index contributed by atoms with van der Waals surface area (Å²) in [5, 5.41) is 12.8. The molecule has 0 spiro atoms. The average molecular weight is 245 g/mol. The van der Waals surface area contributed by atoms with Crippen molar-refractivity contribution in [1.82, 2.24) is 5.32 Å². The Morgan fingerprint density at radius 3 is 2.41 bits per heavy atom. The first-order valence-electron chi connectivity index (χ1n) is 6.89. The standard InChI is InChI=1S/C13H27NO3/c1-3-16-13(17-4-2)9-14-12-8-6-5-7-11(12)10-15/h11-15H,3-10H2,1-2H3. The highest BCUT2D eigenvalue weighted by Crippen LogP contribution is 2.23. The van der Waals surface area contributed by atoms with Crippen LogP contribution in [0.5, 0.6) is 0 Å². The molecule has 2 atom stereocenters. The highest BCUT2D eigenvalue weighted by atomic mass is 16.7. The fraction of sp³-hybridized carbons (Fsp3) is 1.00. The van der Waals surface area contributed by atoms with Gasteiger partial charge in [-0.25, -0.2) is 0 Å². The molecule has 0 heterocycles. The van der Waals surface area contributed by atoms with Crippen LogP contribution in [-0.4, -0.2) is 43.8 Å². The molecular weight excluding hydrogens is 218 g/mol. The lowest BCUT2D eigenvalue weighted by Crippen LogP contribution is -2.44. The molecule has 0 bridgehead atoms. The summed E-state index contributed by atoms with van der Waals surface area (Å²) in [6.07, 6.45) is 4.61. The van der Waals surface area contributed by atoms with Crippen LogP contribution in [0, 0.1) is 5.92 Å². The molecule has 102 valence electrons. The summed E-state index contributed by atoms with van der Waals surface area (Å²) in [5.41, 5.74) is 0. The third kappa shape index (κ3) is 5.34. The van der Waals surface area contributed by atoms with Gasteiger partial charge in [0.1, 0.15) is 0 Å². The number of aliphatic hydroxyl groups is 1. The maximum Gasteiger partial charge on any atom is 0.169 e. The van der Waals surface area contributed by atoms with E-state index in [1.165, 1.54) is 12.8 Å². The summed E-state index contributed by atoms with van der Waals surface area (Å²) in [7, 11) is 0. The molecular formula is C13H27NO3. The van der Waals surface area contributed by atoms with E-state index in [2.05, 4.69) is 5.32 Å². The van der Waals surface area contributed by atoms with Crippen LogP contribution in [-0.2, 0) is 9.47 Å². The van der Waals surface area contributed by atoms with Gasteiger partial charge in [0.15, 0.2) is 6.29 Å². The summed E-state index contributed by atoms with van der Waals surface area (Å²) in [4.78, 5) is 0. The predicted molar refractivity (Wildman–Crippen MR) is 67.9 cm³/mol. The fourth-order valence-electron chi connectivity index (χ4n) is 2.48. The van der Waals surface area contributed by atoms with Gasteiger partial charge in [0, 0.05) is 32.4 Å². The smallest absolute Gasteiger partial charge is 0.169 e. The molecule has 1 saturated carbocycles. The monoisotopic (exact) mass is 245 g/mol. The number of hydrogen-bond acceptors (Lipinski definition) is 4. The summed E-state index contributed by atoms with van der Waals surface area (Å²) in [5.74, 6) is 0.396. The molecule has 0 saturated heterocycles. The Bertz CT molecular complexity index is 184. The van der Waals surface area contributed by atoms with Crippen molar-refractivity contribution >= 4 is 0 Å². The Balaban J connectivity index is 2.30. The molecule has 1 aliphatic carbocycles. The van der Waals surface area contributed by atoms with E-state index in [-0.39, 0.29) is 12.9 Å². The van der Waals surface area contributed by atoms with E-state index >= 15 is 0 Å². The third-order valence-electron chi connectivity index (χ3n) is 3.40. The highest BCUT2D eigenvalue weighted by molar-refractivity contribution is 4.80. The zero-order chi connectivity index (χ0) is 12.5. The summed E-state index contributed by atoms with van der Waals surface area (Å²) < 4.78 is 11.0. The largest absolute Gasteiger partial charge is 0.396 e. The van der Waals surface area contributed by atoms with Crippen molar-refractivity contribution in [2.24, 2.45) is 5.92 Å². The molecule has 4 nitrogen and oxygen atoms in total. The molecule has 1 fully saturated rings. The molecule has 0 aromatic heterocycles. The van der Waals surface area contributed by atoms with E-state index in [1.807, 2.05) is 13.8 Å². The molecule has 0 aromatic carbocycles. The van der Waals surface area contributed by atoms with Crippen LogP contribution in [0.25, 0.3) is 0 Å². The van der Waals surface area contributed by atoms with E-state index in [4.69, 9.17) is 9.47 Å². The Morgan fingerprint density at radius 2 is 1.82 bits per heavy atom. The van der Waals surface area contributed by atoms with Crippen molar-refractivity contribution in [3.05, 3.63) is 0 Å². The zero-order valence-corrected chi connectivity index (χ0v) is 11.2. The van der Waals surface area contributed by atoms with Crippen molar-refractivity contribution in [1.29, 1.82) is 0 Å². The van der Waals surface area contributed by atoms with E-state index in [0.717, 1.165) is 12.8 Å². The van der Waals surface area contributed by atoms with E-state index < -0.39 is 0 Å². The average Bonchev–Trinajstić information content (AvgIpc) is 2.37. The number of hydrogen-bond donors (Lipinski definition) is 2. The van der Waals surface area contributed by atoms with Crippen molar-refractivity contribution in [2.75, 3.05) is 26.4 Å². The van der Waals surface area contributed by atoms with Crippen LogP contribution >= 0.6 is 0 Å². The Morgan fingerprint density at radius 1 is 1.18 bits per heavy atom. The minimum Gasteiger partial charge on any atom is -0.396 e. The minimum absolute atomic E-state index is 0.161. The van der Waals surface area contributed by atoms with Gasteiger partial charge >= 0.3 is 0 Å². The number of nitrogens with one attached hydrogen (secondary N) is 1. The van der Waals surface area contributed by atoms with Crippen LogP contribution in [0.4, 0.5) is 0 Å². The predicted octanol–water partition coefficient (Wildman–Crippen LogP) is 1.53. The summed E-state index contributed by atoms with van der Waals surface area (Å²) in [6.45, 7) is 6.28. The van der Waals surface area contributed by atoms with Gasteiger partial charge in [0.2, 0.25) is 0 Å². The van der Waals surface area contributed by atoms with E-state index in [1.54, 1.807) is 0 Å². The van der Waals surface area contributed by atoms with Gasteiger partial charge in [0.25, 0.3) is 0 Å². The first-order valence-corrected chi connectivity index (χ1v) is 6.89. The number of ether oxygens (including phenoxy) is 2. The van der Waals surface area contributed by atoms with Gasteiger partial charge in [0.05, 0.1) is 0 Å². The highest BCUT2D eigenvalue weighted by Gasteiger charge is 2.24. The maximum atomic E-state index is 9.33. The molecule has 2 unspecified atom stereocenters. The molecule has 1 rings (SSSR count). The second kappa shape index (κ2) is 8.86. The Hall–Kier alpha value is -0.160. The molecule has 1 aliphatic rings. The second-order valence-electron chi connectivity index (χ2n) is 4.58. The molecule has 17 heavy (non-hydrogen) atoms. The minimum atomic E-state index is -0.161. The topological polar surface area (TPSA) is 50.7 Å². The fourth-order valence-corrected chi connectivity index (χ4v) is 2.48. The first-order chi connectivity index (χ1) is 8.31. The van der Waals surface area contributed by atoms with Crippen LogP contribution in [0.2, 0.25) is 0 Å². The van der Waals surface area contributed by atoms with Gasteiger partial charge in [-0.2, -0.15) is 0 Å². The lowest BCUT2D eigenvalue weighted by molar-refractivity contribution is -0.134. The lowest BCUT2D eigenvalue weighted by atomic mass is 9.85.